The minimum atomic E-state index is 0.670. The summed E-state index contributed by atoms with van der Waals surface area (Å²) < 4.78 is 0. The molecule has 3 aromatic rings. The van der Waals surface area contributed by atoms with Crippen molar-refractivity contribution in [2.75, 3.05) is 11.1 Å². The summed E-state index contributed by atoms with van der Waals surface area (Å²) in [4.78, 5) is 4.06. The van der Waals surface area contributed by atoms with Crippen LogP contribution in [0.1, 0.15) is 0 Å². The fourth-order valence-corrected chi connectivity index (χ4v) is 1.83. The Morgan fingerprint density at radius 1 is 0.950 bits per heavy atom. The highest BCUT2D eigenvalue weighted by molar-refractivity contribution is 5.63. The van der Waals surface area contributed by atoms with Crippen molar-refractivity contribution in [2.24, 2.45) is 0 Å². The Labute approximate surface area is 116 Å². The van der Waals surface area contributed by atoms with Gasteiger partial charge in [0.1, 0.15) is 0 Å². The highest BCUT2D eigenvalue weighted by Crippen LogP contribution is 2.19. The van der Waals surface area contributed by atoms with Gasteiger partial charge in [-0.15, -0.1) is 10.2 Å². The molecule has 0 saturated heterocycles. The van der Waals surface area contributed by atoms with Crippen LogP contribution in [0.3, 0.4) is 0 Å². The second-order valence-electron chi connectivity index (χ2n) is 4.30. The molecule has 2 heterocycles. The molecular weight excluding hydrogens is 250 g/mol. The fourth-order valence-electron chi connectivity index (χ4n) is 1.83. The van der Waals surface area contributed by atoms with Crippen LogP contribution in [-0.2, 0) is 0 Å². The quantitative estimate of drug-likeness (QED) is 0.710. The Bertz CT molecular complexity index is 695. The number of hydrogen-bond acceptors (Lipinski definition) is 5. The number of nitrogens with two attached hydrogens (primary N) is 1. The van der Waals surface area contributed by atoms with Gasteiger partial charge in [0.2, 0.25) is 0 Å². The number of nitrogens with zero attached hydrogens (tertiary/aromatic N) is 3. The third kappa shape index (κ3) is 2.72. The van der Waals surface area contributed by atoms with Gasteiger partial charge < -0.3 is 11.1 Å². The molecule has 0 saturated carbocycles. The number of benzene rings is 1. The molecular formula is C15H13N5. The Hall–Kier alpha value is -2.95. The second kappa shape index (κ2) is 5.36. The third-order valence-corrected chi connectivity index (χ3v) is 2.78. The van der Waals surface area contributed by atoms with Crippen LogP contribution in [0, 0.1) is 0 Å². The maximum atomic E-state index is 5.73. The average Bonchev–Trinajstić information content (AvgIpc) is 2.49. The highest BCUT2D eigenvalue weighted by atomic mass is 15.2. The molecule has 0 amide bonds. The minimum absolute atomic E-state index is 0.670. The highest BCUT2D eigenvalue weighted by Gasteiger charge is 2.01. The van der Waals surface area contributed by atoms with Crippen LogP contribution in [0.2, 0.25) is 0 Å². The van der Waals surface area contributed by atoms with E-state index in [2.05, 4.69) is 20.5 Å². The lowest BCUT2D eigenvalue weighted by molar-refractivity contribution is 1.04. The van der Waals surface area contributed by atoms with Crippen molar-refractivity contribution >= 4 is 17.2 Å². The molecule has 0 radical (unpaired) electrons. The van der Waals surface area contributed by atoms with Crippen molar-refractivity contribution in [3.8, 4) is 11.3 Å². The SMILES string of the molecule is Nc1cccc(Nc2ccc(-c3cccnc3)nn2)c1. The minimum Gasteiger partial charge on any atom is -0.399 e. The van der Waals surface area contributed by atoms with Crippen LogP contribution in [0.15, 0.2) is 60.9 Å². The molecule has 20 heavy (non-hydrogen) atoms. The number of anilines is 3. The number of hydrogen-bond donors (Lipinski definition) is 2. The molecule has 3 rings (SSSR count). The predicted octanol–water partition coefficient (Wildman–Crippen LogP) is 2.86. The standard InChI is InChI=1S/C15H13N5/c16-12-4-1-5-13(9-12)18-15-7-6-14(19-20-15)11-3-2-8-17-10-11/h1-10H,16H2,(H,18,20). The zero-order valence-corrected chi connectivity index (χ0v) is 10.7. The summed E-state index contributed by atoms with van der Waals surface area (Å²) in [6.45, 7) is 0. The predicted molar refractivity (Wildman–Crippen MR) is 79.4 cm³/mol. The van der Waals surface area contributed by atoms with E-state index in [1.165, 1.54) is 0 Å². The van der Waals surface area contributed by atoms with E-state index < -0.39 is 0 Å². The fraction of sp³-hybridized carbons (Fsp3) is 0. The van der Waals surface area contributed by atoms with E-state index in [1.54, 1.807) is 12.4 Å². The molecule has 0 spiro atoms. The van der Waals surface area contributed by atoms with Gasteiger partial charge >= 0.3 is 0 Å². The maximum Gasteiger partial charge on any atom is 0.153 e. The number of rotatable bonds is 3. The van der Waals surface area contributed by atoms with E-state index in [0.717, 1.165) is 16.9 Å². The first-order valence-corrected chi connectivity index (χ1v) is 6.18. The molecule has 98 valence electrons. The van der Waals surface area contributed by atoms with E-state index in [0.29, 0.717) is 11.5 Å². The lowest BCUT2D eigenvalue weighted by Crippen LogP contribution is -1.97. The maximum absolute atomic E-state index is 5.73. The molecule has 5 nitrogen and oxygen atoms in total. The van der Waals surface area contributed by atoms with Crippen LogP contribution in [0.5, 0.6) is 0 Å². The van der Waals surface area contributed by atoms with Crippen molar-refractivity contribution in [1.29, 1.82) is 0 Å². The summed E-state index contributed by atoms with van der Waals surface area (Å²) in [6, 6.07) is 15.1. The van der Waals surface area contributed by atoms with Crippen LogP contribution >= 0.6 is 0 Å². The topological polar surface area (TPSA) is 76.7 Å². The first-order valence-electron chi connectivity index (χ1n) is 6.18. The first-order chi connectivity index (χ1) is 9.81. The monoisotopic (exact) mass is 263 g/mol. The summed E-state index contributed by atoms with van der Waals surface area (Å²) in [5, 5.41) is 11.5. The van der Waals surface area contributed by atoms with Gasteiger partial charge in [0.05, 0.1) is 5.69 Å². The lowest BCUT2D eigenvalue weighted by atomic mass is 10.2. The third-order valence-electron chi connectivity index (χ3n) is 2.78. The van der Waals surface area contributed by atoms with Gasteiger partial charge in [-0.05, 0) is 42.5 Å². The van der Waals surface area contributed by atoms with Gasteiger partial charge in [-0.1, -0.05) is 6.07 Å². The zero-order valence-electron chi connectivity index (χ0n) is 10.7. The van der Waals surface area contributed by atoms with Crippen LogP contribution in [-0.4, -0.2) is 15.2 Å². The molecule has 5 heteroatoms. The average molecular weight is 263 g/mol. The van der Waals surface area contributed by atoms with Crippen molar-refractivity contribution in [1.82, 2.24) is 15.2 Å². The molecule has 0 fully saturated rings. The molecule has 1 aromatic carbocycles. The van der Waals surface area contributed by atoms with Crippen molar-refractivity contribution in [2.45, 2.75) is 0 Å². The molecule has 2 aromatic heterocycles. The molecule has 3 N–H and O–H groups in total. The summed E-state index contributed by atoms with van der Waals surface area (Å²) in [7, 11) is 0. The van der Waals surface area contributed by atoms with Gasteiger partial charge in [0.25, 0.3) is 0 Å². The number of pyridine rings is 1. The number of nitrogen functional groups attached to an aromatic ring is 1. The molecule has 0 unspecified atom stereocenters. The Balaban J connectivity index is 1.80. The van der Waals surface area contributed by atoms with Crippen LogP contribution < -0.4 is 11.1 Å². The zero-order chi connectivity index (χ0) is 13.8. The largest absolute Gasteiger partial charge is 0.399 e. The van der Waals surface area contributed by atoms with Crippen LogP contribution in [0.4, 0.5) is 17.2 Å². The van der Waals surface area contributed by atoms with E-state index >= 15 is 0 Å². The molecule has 0 bridgehead atoms. The lowest BCUT2D eigenvalue weighted by Gasteiger charge is -2.06. The van der Waals surface area contributed by atoms with Gasteiger partial charge in [-0.3, -0.25) is 4.98 Å². The van der Waals surface area contributed by atoms with E-state index in [9.17, 15) is 0 Å². The van der Waals surface area contributed by atoms with Gasteiger partial charge in [0, 0.05) is 29.3 Å². The van der Waals surface area contributed by atoms with Gasteiger partial charge in [-0.25, -0.2) is 0 Å². The molecule has 0 aliphatic carbocycles. The summed E-state index contributed by atoms with van der Waals surface area (Å²) >= 11 is 0. The van der Waals surface area contributed by atoms with Crippen LogP contribution in [0.25, 0.3) is 11.3 Å². The molecule has 0 aliphatic heterocycles. The van der Waals surface area contributed by atoms with E-state index in [1.807, 2.05) is 48.5 Å². The molecule has 0 atom stereocenters. The van der Waals surface area contributed by atoms with E-state index in [-0.39, 0.29) is 0 Å². The Morgan fingerprint density at radius 2 is 1.90 bits per heavy atom. The van der Waals surface area contributed by atoms with Crippen molar-refractivity contribution in [3.63, 3.8) is 0 Å². The van der Waals surface area contributed by atoms with Crippen molar-refractivity contribution < 1.29 is 0 Å². The number of aromatic nitrogens is 3. The summed E-state index contributed by atoms with van der Waals surface area (Å²) in [6.07, 6.45) is 3.49. The Morgan fingerprint density at radius 3 is 2.60 bits per heavy atom. The normalized spacial score (nSPS) is 10.2. The summed E-state index contributed by atoms with van der Waals surface area (Å²) in [5.74, 6) is 0.670. The molecule has 0 aliphatic rings. The van der Waals surface area contributed by atoms with Crippen molar-refractivity contribution in [3.05, 3.63) is 60.9 Å². The number of nitrogens with one attached hydrogen (secondary N) is 1. The van der Waals surface area contributed by atoms with E-state index in [4.69, 9.17) is 5.73 Å². The first kappa shape index (κ1) is 12.1. The second-order valence-corrected chi connectivity index (χ2v) is 4.30. The smallest absolute Gasteiger partial charge is 0.153 e. The van der Waals surface area contributed by atoms with Gasteiger partial charge in [0.15, 0.2) is 5.82 Å². The van der Waals surface area contributed by atoms with Gasteiger partial charge in [-0.2, -0.15) is 0 Å². The Kier molecular flexibility index (Phi) is 3.24. The summed E-state index contributed by atoms with van der Waals surface area (Å²) in [5.41, 5.74) is 9.04.